The van der Waals surface area contributed by atoms with Crippen molar-refractivity contribution in [1.82, 2.24) is 0 Å². The summed E-state index contributed by atoms with van der Waals surface area (Å²) in [7, 11) is -13.5. The molecule has 9 nitrogen and oxygen atoms in total. The van der Waals surface area contributed by atoms with Gasteiger partial charge in [0.2, 0.25) is 0 Å². The van der Waals surface area contributed by atoms with Crippen LogP contribution in [0.3, 0.4) is 0 Å². The average molecular weight is 834 g/mol. The summed E-state index contributed by atoms with van der Waals surface area (Å²) in [6.07, 6.45) is 0. The summed E-state index contributed by atoms with van der Waals surface area (Å²) in [5.41, 5.74) is 3.28. The SMILES string of the molecule is O=S(=O)([O-])c1cccccc2ccccccc1-2.O=S(=O)([O-])c1cccccc2ccccccc1-2.O=S(=O)([O-])c1cccccc2ccccccc1-2.[Fe+3]. The van der Waals surface area contributed by atoms with Crippen LogP contribution >= 0.6 is 0 Å². The van der Waals surface area contributed by atoms with Crippen LogP contribution in [0.2, 0.25) is 0 Å². The van der Waals surface area contributed by atoms with Crippen molar-refractivity contribution in [3.05, 3.63) is 200 Å². The summed E-state index contributed by atoms with van der Waals surface area (Å²) in [4.78, 5) is -0.641. The zero-order chi connectivity index (χ0) is 39.0. The third-order valence-electron chi connectivity index (χ3n) is 7.39. The molecule has 0 atom stereocenters. The van der Waals surface area contributed by atoms with E-state index in [1.807, 2.05) is 18.2 Å². The quantitative estimate of drug-likeness (QED) is 0.125. The summed E-state index contributed by atoms with van der Waals surface area (Å²) < 4.78 is 102. The molecule has 1 radical (unpaired) electrons. The van der Waals surface area contributed by atoms with Crippen molar-refractivity contribution in [3.8, 4) is 33.4 Å². The van der Waals surface area contributed by atoms with Crippen LogP contribution in [0.4, 0.5) is 0 Å². The van der Waals surface area contributed by atoms with E-state index < -0.39 is 30.4 Å². The minimum Gasteiger partial charge on any atom is -0.744 e. The van der Waals surface area contributed by atoms with Gasteiger partial charge in [0.05, 0.1) is 14.7 Å². The molecule has 0 amide bonds. The van der Waals surface area contributed by atoms with Gasteiger partial charge in [0.1, 0.15) is 30.4 Å². The zero-order valence-electron chi connectivity index (χ0n) is 28.8. The minimum absolute atomic E-state index is 0. The van der Waals surface area contributed by atoms with E-state index in [-0.39, 0.29) is 31.8 Å². The fourth-order valence-electron chi connectivity index (χ4n) is 5.01. The molecule has 0 heterocycles. The van der Waals surface area contributed by atoms with E-state index in [2.05, 4.69) is 0 Å². The van der Waals surface area contributed by atoms with E-state index in [1.54, 1.807) is 146 Å². The molecule has 0 saturated heterocycles. The number of hydrogen-bond acceptors (Lipinski definition) is 9. The van der Waals surface area contributed by atoms with E-state index in [9.17, 15) is 38.9 Å². The second-order valence-corrected chi connectivity index (χ2v) is 15.1. The molecule has 0 fully saturated rings. The van der Waals surface area contributed by atoms with Crippen LogP contribution in [0.25, 0.3) is 33.4 Å². The Bertz CT molecular complexity index is 2310. The molecule has 0 spiro atoms. The van der Waals surface area contributed by atoms with Crippen molar-refractivity contribution in [2.45, 2.75) is 14.7 Å². The second-order valence-electron chi connectivity index (χ2n) is 11.1. The van der Waals surface area contributed by atoms with Crippen molar-refractivity contribution in [3.63, 3.8) is 0 Å². The molecule has 0 N–H and O–H groups in total. The Morgan fingerprint density at radius 1 is 0.255 bits per heavy atom. The molecule has 0 aliphatic heterocycles. The molecule has 0 saturated carbocycles. The Balaban J connectivity index is 0.000000220. The predicted molar refractivity (Wildman–Crippen MR) is 206 cm³/mol. The first kappa shape index (κ1) is 44.2. The predicted octanol–water partition coefficient (Wildman–Crippen LogP) is 8.46. The van der Waals surface area contributed by atoms with Crippen LogP contribution in [0.1, 0.15) is 0 Å². The number of hydrogen-bond donors (Lipinski definition) is 0. The largest absolute Gasteiger partial charge is 3.00 e. The van der Waals surface area contributed by atoms with Crippen LogP contribution in [0.5, 0.6) is 0 Å². The van der Waals surface area contributed by atoms with Crippen molar-refractivity contribution < 1.29 is 56.0 Å². The van der Waals surface area contributed by atoms with E-state index >= 15 is 0 Å². The summed E-state index contributed by atoms with van der Waals surface area (Å²) in [5.74, 6) is 0. The third-order valence-corrected chi connectivity index (χ3v) is 10.1. The fraction of sp³-hybridized carbons (Fsp3) is 0. The first-order chi connectivity index (χ1) is 25.8. The summed E-state index contributed by atoms with van der Waals surface area (Å²) in [5, 5.41) is 0. The molecule has 0 aromatic heterocycles. The van der Waals surface area contributed by atoms with E-state index in [0.29, 0.717) is 33.4 Å². The van der Waals surface area contributed by atoms with Crippen molar-refractivity contribution in [2.75, 3.05) is 0 Å². The molecule has 0 bridgehead atoms. The number of fused-ring (bicyclic) bond motifs is 3. The van der Waals surface area contributed by atoms with Gasteiger partial charge in [-0.25, -0.2) is 25.3 Å². The molecule has 281 valence electrons. The zero-order valence-corrected chi connectivity index (χ0v) is 32.4. The van der Waals surface area contributed by atoms with Gasteiger partial charge in [-0.05, 0) is 51.6 Å². The molecular formula is C42H33FeO9S3. The molecule has 55 heavy (non-hydrogen) atoms. The second kappa shape index (κ2) is 21.0. The smallest absolute Gasteiger partial charge is 0.744 e. The van der Waals surface area contributed by atoms with Crippen LogP contribution in [0, 0.1) is 0 Å². The molecule has 13 heteroatoms. The standard InChI is InChI=1S/3C14H12O3S.Fe/c3*15-18(16,17)14-11-7-3-5-9-12-8-4-1-2-6-10-13(12)14;/h3*1-11H,(H,15,16,17);/q;;;+3/p-3. The first-order valence-electron chi connectivity index (χ1n) is 16.1. The third kappa shape index (κ3) is 13.9. The fourth-order valence-corrected chi connectivity index (χ4v) is 7.11. The molecule has 0 aromatic rings. The van der Waals surface area contributed by atoms with Gasteiger partial charge in [-0.2, -0.15) is 0 Å². The maximum absolute atomic E-state index is 11.3. The van der Waals surface area contributed by atoms with Gasteiger partial charge in [0.15, 0.2) is 0 Å². The van der Waals surface area contributed by atoms with Crippen molar-refractivity contribution in [1.29, 1.82) is 0 Å². The van der Waals surface area contributed by atoms with Gasteiger partial charge in [0, 0.05) is 0 Å². The van der Waals surface area contributed by atoms with E-state index in [4.69, 9.17) is 0 Å². The van der Waals surface area contributed by atoms with E-state index in [0.717, 1.165) is 0 Å². The van der Waals surface area contributed by atoms with Crippen LogP contribution in [0.15, 0.2) is 215 Å². The Morgan fingerprint density at radius 2 is 0.418 bits per heavy atom. The van der Waals surface area contributed by atoms with E-state index in [1.165, 1.54) is 36.4 Å². The Kier molecular flexibility index (Phi) is 16.9. The first-order valence-corrected chi connectivity index (χ1v) is 20.3. The van der Waals surface area contributed by atoms with Gasteiger partial charge < -0.3 is 13.7 Å². The molecule has 0 unspecified atom stereocenters. The van der Waals surface area contributed by atoms with Gasteiger partial charge in [-0.1, -0.05) is 182 Å². The summed E-state index contributed by atoms with van der Waals surface area (Å²) in [6, 6.07) is 55.8. The van der Waals surface area contributed by atoms with Gasteiger partial charge in [-0.15, -0.1) is 0 Å². The number of rotatable bonds is 3. The minimum atomic E-state index is -4.51. The molecule has 6 aliphatic rings. The average Bonchev–Trinajstić information content (AvgIpc) is 3.03. The summed E-state index contributed by atoms with van der Waals surface area (Å²) >= 11 is 0. The van der Waals surface area contributed by atoms with Gasteiger partial charge >= 0.3 is 17.1 Å². The molecule has 0 aromatic carbocycles. The van der Waals surface area contributed by atoms with Gasteiger partial charge in [-0.3, -0.25) is 0 Å². The van der Waals surface area contributed by atoms with Crippen LogP contribution < -0.4 is 0 Å². The van der Waals surface area contributed by atoms with Crippen molar-refractivity contribution in [2.24, 2.45) is 0 Å². The van der Waals surface area contributed by atoms with Crippen molar-refractivity contribution >= 4 is 30.4 Å². The molecule has 6 aliphatic carbocycles. The maximum atomic E-state index is 11.3. The molecule has 6 rings (SSSR count). The maximum Gasteiger partial charge on any atom is 3.00 e. The monoisotopic (exact) mass is 833 g/mol. The molecular weight excluding hydrogens is 800 g/mol. The normalized spacial score (nSPS) is 10.7. The van der Waals surface area contributed by atoms with Gasteiger partial charge in [0.25, 0.3) is 0 Å². The Morgan fingerprint density at radius 3 is 0.618 bits per heavy atom. The van der Waals surface area contributed by atoms with Crippen LogP contribution in [-0.4, -0.2) is 38.9 Å². The topological polar surface area (TPSA) is 172 Å². The Hall–Kier alpha value is -5.21. The van der Waals surface area contributed by atoms with Crippen LogP contribution in [-0.2, 0) is 47.4 Å². The summed E-state index contributed by atoms with van der Waals surface area (Å²) in [6.45, 7) is 0. The Labute approximate surface area is 332 Å².